The van der Waals surface area contributed by atoms with Crippen molar-refractivity contribution < 1.29 is 4.79 Å². The summed E-state index contributed by atoms with van der Waals surface area (Å²) in [6.07, 6.45) is 3.56. The summed E-state index contributed by atoms with van der Waals surface area (Å²) in [4.78, 5) is 13.7. The minimum Gasteiger partial charge on any atom is -0.342 e. The molecule has 0 aromatic heterocycles. The van der Waals surface area contributed by atoms with E-state index in [2.05, 4.69) is 24.3 Å². The van der Waals surface area contributed by atoms with Gasteiger partial charge in [-0.2, -0.15) is 0 Å². The maximum absolute atomic E-state index is 11.8. The van der Waals surface area contributed by atoms with Gasteiger partial charge in [-0.3, -0.25) is 4.79 Å². The molecule has 3 nitrogen and oxygen atoms in total. The summed E-state index contributed by atoms with van der Waals surface area (Å²) < 4.78 is 0. The summed E-state index contributed by atoms with van der Waals surface area (Å²) in [5.41, 5.74) is 8.24. The lowest BCUT2D eigenvalue weighted by atomic mass is 9.87. The highest BCUT2D eigenvalue weighted by atomic mass is 35.5. The Labute approximate surface area is 115 Å². The number of aryl methyl sites for hydroxylation is 1. The molecule has 18 heavy (non-hydrogen) atoms. The van der Waals surface area contributed by atoms with E-state index in [0.717, 1.165) is 19.3 Å². The quantitative estimate of drug-likeness (QED) is 0.908. The first-order valence-electron chi connectivity index (χ1n) is 6.25. The van der Waals surface area contributed by atoms with Crippen molar-refractivity contribution in [3.8, 4) is 0 Å². The maximum atomic E-state index is 11.8. The molecule has 0 fully saturated rings. The number of fused-ring (bicyclic) bond motifs is 1. The first-order valence-corrected chi connectivity index (χ1v) is 6.25. The SMILES string of the molecule is CN(C(=O)CCN)C1CCc2ccccc2C1.Cl. The lowest BCUT2D eigenvalue weighted by Gasteiger charge is -2.32. The zero-order valence-electron chi connectivity index (χ0n) is 10.8. The number of nitrogens with zero attached hydrogens (tertiary/aromatic N) is 1. The number of rotatable bonds is 3. The number of hydrogen-bond donors (Lipinski definition) is 1. The Balaban J connectivity index is 0.00000162. The fourth-order valence-electron chi connectivity index (χ4n) is 2.51. The smallest absolute Gasteiger partial charge is 0.223 e. The number of nitrogens with two attached hydrogens (primary N) is 1. The standard InChI is InChI=1S/C14H20N2O.ClH/c1-16(14(17)8-9-15)13-7-6-11-4-2-3-5-12(11)10-13;/h2-5,13H,6-10,15H2,1H3;1H. The topological polar surface area (TPSA) is 46.3 Å². The molecule has 0 bridgehead atoms. The van der Waals surface area contributed by atoms with E-state index in [-0.39, 0.29) is 18.3 Å². The Kier molecular flexibility index (Phi) is 5.63. The molecular formula is C14H21ClN2O. The van der Waals surface area contributed by atoms with Gasteiger partial charge in [-0.05, 0) is 30.4 Å². The van der Waals surface area contributed by atoms with Gasteiger partial charge in [0.1, 0.15) is 0 Å². The Hall–Kier alpha value is -1.06. The summed E-state index contributed by atoms with van der Waals surface area (Å²) in [5, 5.41) is 0. The summed E-state index contributed by atoms with van der Waals surface area (Å²) in [6, 6.07) is 8.85. The van der Waals surface area contributed by atoms with Crippen LogP contribution in [0.25, 0.3) is 0 Å². The molecule has 0 heterocycles. The lowest BCUT2D eigenvalue weighted by Crippen LogP contribution is -2.41. The van der Waals surface area contributed by atoms with Crippen molar-refractivity contribution in [1.82, 2.24) is 4.90 Å². The summed E-state index contributed by atoms with van der Waals surface area (Å²) >= 11 is 0. The Morgan fingerprint density at radius 2 is 2.06 bits per heavy atom. The predicted octanol–water partition coefficient (Wildman–Crippen LogP) is 1.77. The van der Waals surface area contributed by atoms with Gasteiger partial charge in [0.25, 0.3) is 0 Å². The number of carbonyl (C=O) groups is 1. The van der Waals surface area contributed by atoms with E-state index in [4.69, 9.17) is 5.73 Å². The number of hydrogen-bond acceptors (Lipinski definition) is 2. The first-order chi connectivity index (χ1) is 8.22. The van der Waals surface area contributed by atoms with E-state index in [0.29, 0.717) is 19.0 Å². The zero-order valence-corrected chi connectivity index (χ0v) is 11.6. The van der Waals surface area contributed by atoms with Crippen molar-refractivity contribution in [3.63, 3.8) is 0 Å². The molecule has 1 amide bonds. The third kappa shape index (κ3) is 3.24. The molecule has 0 aliphatic heterocycles. The Morgan fingerprint density at radius 1 is 1.39 bits per heavy atom. The highest BCUT2D eigenvalue weighted by molar-refractivity contribution is 5.85. The molecule has 0 saturated carbocycles. The van der Waals surface area contributed by atoms with Crippen LogP contribution in [-0.4, -0.2) is 30.4 Å². The highest BCUT2D eigenvalue weighted by Crippen LogP contribution is 2.23. The molecule has 0 saturated heterocycles. The second kappa shape index (κ2) is 6.76. The van der Waals surface area contributed by atoms with Crippen LogP contribution >= 0.6 is 12.4 Å². The van der Waals surface area contributed by atoms with Crippen LogP contribution in [0.1, 0.15) is 24.0 Å². The first kappa shape index (κ1) is 15.0. The van der Waals surface area contributed by atoms with E-state index in [1.165, 1.54) is 11.1 Å². The monoisotopic (exact) mass is 268 g/mol. The van der Waals surface area contributed by atoms with Crippen LogP contribution in [0.5, 0.6) is 0 Å². The number of halogens is 1. The van der Waals surface area contributed by atoms with Crippen LogP contribution in [0.4, 0.5) is 0 Å². The van der Waals surface area contributed by atoms with Crippen molar-refractivity contribution in [2.45, 2.75) is 31.7 Å². The predicted molar refractivity (Wildman–Crippen MR) is 75.9 cm³/mol. The van der Waals surface area contributed by atoms with Crippen molar-refractivity contribution in [2.24, 2.45) is 5.73 Å². The number of likely N-dealkylation sites (N-methyl/N-ethyl adjacent to an activating group) is 1. The van der Waals surface area contributed by atoms with Crippen molar-refractivity contribution >= 4 is 18.3 Å². The molecule has 1 aromatic carbocycles. The van der Waals surface area contributed by atoms with Gasteiger partial charge in [0.15, 0.2) is 0 Å². The lowest BCUT2D eigenvalue weighted by molar-refractivity contribution is -0.131. The van der Waals surface area contributed by atoms with Crippen LogP contribution < -0.4 is 5.73 Å². The van der Waals surface area contributed by atoms with E-state index in [1.807, 2.05) is 11.9 Å². The second-order valence-corrected chi connectivity index (χ2v) is 4.71. The minimum atomic E-state index is 0. The van der Waals surface area contributed by atoms with Gasteiger partial charge in [0, 0.05) is 26.1 Å². The molecule has 1 atom stereocenters. The van der Waals surface area contributed by atoms with Crippen LogP contribution in [0, 0.1) is 0 Å². The van der Waals surface area contributed by atoms with E-state index in [1.54, 1.807) is 0 Å². The molecule has 2 N–H and O–H groups in total. The van der Waals surface area contributed by atoms with Crippen LogP contribution in [0.15, 0.2) is 24.3 Å². The van der Waals surface area contributed by atoms with Gasteiger partial charge in [0.2, 0.25) is 5.91 Å². The maximum Gasteiger partial charge on any atom is 0.223 e. The van der Waals surface area contributed by atoms with Gasteiger partial charge >= 0.3 is 0 Å². The number of carbonyl (C=O) groups excluding carboxylic acids is 1. The Morgan fingerprint density at radius 3 is 2.72 bits per heavy atom. The fourth-order valence-corrected chi connectivity index (χ4v) is 2.51. The summed E-state index contributed by atoms with van der Waals surface area (Å²) in [6.45, 7) is 0.437. The third-order valence-electron chi connectivity index (χ3n) is 3.62. The van der Waals surface area contributed by atoms with E-state index < -0.39 is 0 Å². The molecular weight excluding hydrogens is 248 g/mol. The minimum absolute atomic E-state index is 0. The van der Waals surface area contributed by atoms with Gasteiger partial charge in [0.05, 0.1) is 0 Å². The molecule has 1 aliphatic carbocycles. The molecule has 2 rings (SSSR count). The fraction of sp³-hybridized carbons (Fsp3) is 0.500. The van der Waals surface area contributed by atoms with Crippen molar-refractivity contribution in [2.75, 3.05) is 13.6 Å². The van der Waals surface area contributed by atoms with Gasteiger partial charge in [-0.1, -0.05) is 24.3 Å². The Bertz CT molecular complexity index is 409. The summed E-state index contributed by atoms with van der Waals surface area (Å²) in [7, 11) is 1.90. The van der Waals surface area contributed by atoms with Gasteiger partial charge < -0.3 is 10.6 Å². The van der Waals surface area contributed by atoms with Crippen LogP contribution in [0.2, 0.25) is 0 Å². The molecule has 0 radical (unpaired) electrons. The van der Waals surface area contributed by atoms with Gasteiger partial charge in [-0.15, -0.1) is 12.4 Å². The average molecular weight is 269 g/mol. The molecule has 0 spiro atoms. The zero-order chi connectivity index (χ0) is 12.3. The molecule has 1 aromatic rings. The third-order valence-corrected chi connectivity index (χ3v) is 3.62. The highest BCUT2D eigenvalue weighted by Gasteiger charge is 2.24. The summed E-state index contributed by atoms with van der Waals surface area (Å²) in [5.74, 6) is 0.164. The van der Waals surface area contributed by atoms with Crippen molar-refractivity contribution in [1.29, 1.82) is 0 Å². The molecule has 100 valence electrons. The largest absolute Gasteiger partial charge is 0.342 e. The molecule has 1 aliphatic rings. The van der Waals surface area contributed by atoms with Crippen LogP contribution in [0.3, 0.4) is 0 Å². The normalized spacial score (nSPS) is 17.6. The van der Waals surface area contributed by atoms with E-state index in [9.17, 15) is 4.79 Å². The number of amides is 1. The average Bonchev–Trinajstić information content (AvgIpc) is 2.37. The number of benzene rings is 1. The van der Waals surface area contributed by atoms with Crippen molar-refractivity contribution in [3.05, 3.63) is 35.4 Å². The molecule has 4 heteroatoms. The van der Waals surface area contributed by atoms with Crippen LogP contribution in [-0.2, 0) is 17.6 Å². The van der Waals surface area contributed by atoms with Gasteiger partial charge in [-0.25, -0.2) is 0 Å². The molecule has 1 unspecified atom stereocenters. The second-order valence-electron chi connectivity index (χ2n) is 4.71. The van der Waals surface area contributed by atoms with E-state index >= 15 is 0 Å².